The van der Waals surface area contributed by atoms with Crippen molar-refractivity contribution >= 4 is 21.8 Å². The number of benzene rings is 4. The third-order valence-electron chi connectivity index (χ3n) is 10.1. The maximum Gasteiger partial charge on any atom is 0.269 e. The maximum atomic E-state index is 6.62. The standard InChI is InChI=1S/C46H50N4O/c1-30-31(2)49(41-22-19-32(44(3,4)5)25-39(41)46(9,10)11)29-48(30)34-15-14-16-35(27-34)51-36-20-21-38-37-17-12-13-18-40(37)50(42(38)28-36)43-26-33(23-24-47-43)45(6,7)8/h12-28H,1-11H3. The number of pyridine rings is 1. The Labute approximate surface area is 303 Å². The number of nitrogens with zero attached hydrogens (tertiary/aromatic N) is 4. The van der Waals surface area contributed by atoms with Gasteiger partial charge in [-0.2, -0.15) is 0 Å². The van der Waals surface area contributed by atoms with Gasteiger partial charge in [0, 0.05) is 23.0 Å². The van der Waals surface area contributed by atoms with E-state index in [0.717, 1.165) is 56.5 Å². The first kappa shape index (κ1) is 34.3. The lowest BCUT2D eigenvalue weighted by molar-refractivity contribution is -0.607. The van der Waals surface area contributed by atoms with Crippen molar-refractivity contribution in [1.82, 2.24) is 14.1 Å². The van der Waals surface area contributed by atoms with Crippen molar-refractivity contribution in [2.45, 2.75) is 92.4 Å². The number of imidazole rings is 1. The highest BCUT2D eigenvalue weighted by atomic mass is 16.5. The summed E-state index contributed by atoms with van der Waals surface area (Å²) in [4.78, 5) is 4.84. The van der Waals surface area contributed by atoms with E-state index in [1.54, 1.807) is 0 Å². The van der Waals surface area contributed by atoms with E-state index in [1.807, 2.05) is 18.3 Å². The van der Waals surface area contributed by atoms with Crippen molar-refractivity contribution in [3.8, 4) is 28.7 Å². The van der Waals surface area contributed by atoms with Gasteiger partial charge in [-0.3, -0.25) is 13.7 Å². The molecule has 3 heterocycles. The monoisotopic (exact) mass is 674 g/mol. The number of fused-ring (bicyclic) bond motifs is 3. The van der Waals surface area contributed by atoms with Crippen molar-refractivity contribution in [3.63, 3.8) is 0 Å². The minimum atomic E-state index is -0.0358. The van der Waals surface area contributed by atoms with Crippen molar-refractivity contribution in [1.29, 1.82) is 0 Å². The Balaban J connectivity index is 1.27. The highest BCUT2D eigenvalue weighted by Gasteiger charge is 2.25. The van der Waals surface area contributed by atoms with Crippen LogP contribution in [0, 0.1) is 20.2 Å². The first-order valence-corrected chi connectivity index (χ1v) is 18.0. The quantitative estimate of drug-likeness (QED) is 0.135. The largest absolute Gasteiger partial charge is 0.458 e. The molecule has 0 spiro atoms. The highest BCUT2D eigenvalue weighted by Crippen LogP contribution is 2.37. The molecule has 0 N–H and O–H groups in total. The predicted molar refractivity (Wildman–Crippen MR) is 210 cm³/mol. The zero-order chi connectivity index (χ0) is 36.5. The number of ether oxygens (including phenoxy) is 1. The van der Waals surface area contributed by atoms with Crippen molar-refractivity contribution < 1.29 is 9.30 Å². The summed E-state index contributed by atoms with van der Waals surface area (Å²) in [5.74, 6) is 2.43. The Morgan fingerprint density at radius 1 is 0.627 bits per heavy atom. The van der Waals surface area contributed by atoms with Crippen LogP contribution in [-0.4, -0.2) is 14.1 Å². The zero-order valence-electron chi connectivity index (χ0n) is 32.0. The molecule has 0 aliphatic heterocycles. The molecule has 260 valence electrons. The van der Waals surface area contributed by atoms with Crippen LogP contribution in [-0.2, 0) is 16.2 Å². The normalized spacial score (nSPS) is 12.6. The average Bonchev–Trinajstić information content (AvgIpc) is 3.56. The first-order valence-electron chi connectivity index (χ1n) is 18.0. The van der Waals surface area contributed by atoms with Gasteiger partial charge in [0.25, 0.3) is 6.33 Å². The molecule has 0 atom stereocenters. The molecule has 0 unspecified atom stereocenters. The fourth-order valence-corrected chi connectivity index (χ4v) is 6.95. The van der Waals surface area contributed by atoms with Crippen LogP contribution >= 0.6 is 0 Å². The maximum absolute atomic E-state index is 6.62. The molecule has 0 bridgehead atoms. The van der Waals surface area contributed by atoms with Gasteiger partial charge in [0.15, 0.2) is 0 Å². The van der Waals surface area contributed by atoms with Gasteiger partial charge in [0.1, 0.15) is 17.3 Å². The lowest BCUT2D eigenvalue weighted by atomic mass is 9.80. The van der Waals surface area contributed by atoms with E-state index in [-0.39, 0.29) is 16.2 Å². The van der Waals surface area contributed by atoms with E-state index in [9.17, 15) is 0 Å². The number of para-hydroxylation sites is 1. The number of hydrogen-bond donors (Lipinski definition) is 0. The SMILES string of the molecule is Cc1c(C)[n+](-c2ccc(C(C)(C)C)cc2C(C)(C)C)[c-]n1-c1cccc(Oc2ccc3c4ccccc4n(-c4cc(C(C)(C)C)ccn4)c3c2)c1. The topological polar surface area (TPSA) is 35.9 Å². The molecule has 0 amide bonds. The molecule has 7 rings (SSSR count). The zero-order valence-corrected chi connectivity index (χ0v) is 32.0. The lowest BCUT2D eigenvalue weighted by Gasteiger charge is -2.28. The van der Waals surface area contributed by atoms with E-state index in [4.69, 9.17) is 9.72 Å². The minimum absolute atomic E-state index is 0.00874. The van der Waals surface area contributed by atoms with Crippen LogP contribution in [0.5, 0.6) is 11.5 Å². The molecule has 51 heavy (non-hydrogen) atoms. The summed E-state index contributed by atoms with van der Waals surface area (Å²) in [5.41, 5.74) is 10.5. The second-order valence-electron chi connectivity index (χ2n) is 17.0. The lowest BCUT2D eigenvalue weighted by Crippen LogP contribution is -2.36. The molecule has 4 aromatic carbocycles. The Kier molecular flexibility index (Phi) is 8.24. The van der Waals surface area contributed by atoms with Gasteiger partial charge in [-0.15, -0.1) is 0 Å². The number of aromatic nitrogens is 4. The summed E-state index contributed by atoms with van der Waals surface area (Å²) in [6, 6.07) is 34.4. The van der Waals surface area contributed by atoms with Crippen LogP contribution in [0.4, 0.5) is 0 Å². The van der Waals surface area contributed by atoms with Crippen LogP contribution in [0.25, 0.3) is 39.0 Å². The first-order chi connectivity index (χ1) is 24.0. The molecule has 5 heteroatoms. The molecule has 5 nitrogen and oxygen atoms in total. The van der Waals surface area contributed by atoms with E-state index >= 15 is 0 Å². The molecule has 0 aliphatic carbocycles. The van der Waals surface area contributed by atoms with Gasteiger partial charge in [-0.25, -0.2) is 4.98 Å². The summed E-state index contributed by atoms with van der Waals surface area (Å²) >= 11 is 0. The summed E-state index contributed by atoms with van der Waals surface area (Å²) in [6.45, 7) is 24.7. The Morgan fingerprint density at radius 3 is 2.04 bits per heavy atom. The Hall–Kier alpha value is -5.16. The van der Waals surface area contributed by atoms with Gasteiger partial charge in [0.05, 0.1) is 33.8 Å². The highest BCUT2D eigenvalue weighted by molar-refractivity contribution is 6.09. The van der Waals surface area contributed by atoms with Crippen LogP contribution < -0.4 is 9.30 Å². The smallest absolute Gasteiger partial charge is 0.269 e. The molecular formula is C46H50N4O. The van der Waals surface area contributed by atoms with Crippen LogP contribution in [0.1, 0.15) is 90.4 Å². The van der Waals surface area contributed by atoms with Gasteiger partial charge in [0.2, 0.25) is 0 Å². The predicted octanol–water partition coefficient (Wildman–Crippen LogP) is 11.3. The third-order valence-corrected chi connectivity index (χ3v) is 10.1. The van der Waals surface area contributed by atoms with Gasteiger partial charge < -0.3 is 4.74 Å². The molecule has 3 aromatic heterocycles. The second kappa shape index (κ2) is 12.3. The van der Waals surface area contributed by atoms with Gasteiger partial charge >= 0.3 is 0 Å². The van der Waals surface area contributed by atoms with Gasteiger partial charge in [-0.05, 0) is 101 Å². The molecule has 0 aliphatic rings. The number of hydrogen-bond acceptors (Lipinski definition) is 2. The molecule has 0 saturated heterocycles. The van der Waals surface area contributed by atoms with Crippen LogP contribution in [0.2, 0.25) is 0 Å². The van der Waals surface area contributed by atoms with Crippen molar-refractivity contribution in [2.24, 2.45) is 0 Å². The molecule has 0 fully saturated rings. The summed E-state index contributed by atoms with van der Waals surface area (Å²) in [7, 11) is 0. The number of rotatable bonds is 5. The summed E-state index contributed by atoms with van der Waals surface area (Å²) < 4.78 is 13.2. The third kappa shape index (κ3) is 6.35. The van der Waals surface area contributed by atoms with Crippen molar-refractivity contribution in [3.05, 3.63) is 138 Å². The fraction of sp³-hybridized carbons (Fsp3) is 0.304. The molecule has 0 radical (unpaired) electrons. The van der Waals surface area contributed by atoms with Crippen LogP contribution in [0.3, 0.4) is 0 Å². The van der Waals surface area contributed by atoms with E-state index < -0.39 is 0 Å². The average molecular weight is 675 g/mol. The van der Waals surface area contributed by atoms with Crippen molar-refractivity contribution in [2.75, 3.05) is 0 Å². The summed E-state index contributed by atoms with van der Waals surface area (Å²) in [5, 5.41) is 2.35. The van der Waals surface area contributed by atoms with E-state index in [2.05, 4.69) is 181 Å². The molecule has 0 saturated carbocycles. The van der Waals surface area contributed by atoms with Crippen LogP contribution in [0.15, 0.2) is 103 Å². The fourth-order valence-electron chi connectivity index (χ4n) is 6.95. The Morgan fingerprint density at radius 2 is 1.31 bits per heavy atom. The molecule has 7 aromatic rings. The van der Waals surface area contributed by atoms with E-state index in [0.29, 0.717) is 0 Å². The van der Waals surface area contributed by atoms with Gasteiger partial charge in [-0.1, -0.05) is 98.7 Å². The summed E-state index contributed by atoms with van der Waals surface area (Å²) in [6.07, 6.45) is 5.61. The Bertz CT molecular complexity index is 2420. The second-order valence-corrected chi connectivity index (χ2v) is 17.0. The minimum Gasteiger partial charge on any atom is -0.458 e. The van der Waals surface area contributed by atoms with E-state index in [1.165, 1.54) is 22.1 Å². The molecular weight excluding hydrogens is 625 g/mol.